The van der Waals surface area contributed by atoms with Crippen molar-refractivity contribution in [1.29, 1.82) is 5.41 Å². The van der Waals surface area contributed by atoms with E-state index in [1.807, 2.05) is 6.07 Å². The molecule has 0 saturated heterocycles. The third-order valence-corrected chi connectivity index (χ3v) is 6.07. The number of aliphatic hydroxyl groups excluding tert-OH is 3. The van der Waals surface area contributed by atoms with E-state index in [2.05, 4.69) is 20.8 Å². The molecule has 10 nitrogen and oxygen atoms in total. The second-order valence-corrected chi connectivity index (χ2v) is 8.70. The van der Waals surface area contributed by atoms with Crippen LogP contribution in [0, 0.1) is 5.41 Å². The summed E-state index contributed by atoms with van der Waals surface area (Å²) in [6.45, 7) is 0.273. The van der Waals surface area contributed by atoms with Gasteiger partial charge in [-0.3, -0.25) is 10.1 Å². The van der Waals surface area contributed by atoms with E-state index in [-0.39, 0.29) is 18.1 Å². The molecule has 7 N–H and O–H groups in total. The van der Waals surface area contributed by atoms with E-state index in [9.17, 15) is 28.5 Å². The minimum Gasteiger partial charge on any atom is -0.503 e. The molecule has 0 saturated carbocycles. The molecule has 0 spiro atoms. The van der Waals surface area contributed by atoms with Crippen molar-refractivity contribution in [1.82, 2.24) is 9.78 Å². The van der Waals surface area contributed by atoms with Gasteiger partial charge in [-0.1, -0.05) is 23.4 Å². The first kappa shape index (κ1) is 25.3. The highest BCUT2D eigenvalue weighted by atomic mass is 19.4. The molecule has 0 bridgehead atoms. The second-order valence-electron chi connectivity index (χ2n) is 8.70. The summed E-state index contributed by atoms with van der Waals surface area (Å²) in [5, 5.41) is 52.0. The number of aromatic nitrogens is 2. The van der Waals surface area contributed by atoms with E-state index in [4.69, 9.17) is 11.3 Å². The summed E-state index contributed by atoms with van der Waals surface area (Å²) in [6, 6.07) is 15.2. The Bertz CT molecular complexity index is 1700. The lowest BCUT2D eigenvalue weighted by Gasteiger charge is -2.21. The summed E-state index contributed by atoms with van der Waals surface area (Å²) in [6.07, 6.45) is -2.63. The molecular formula is C26H20F3N7O3. The number of nitrogens with one attached hydrogen (secondary N) is 2. The van der Waals surface area contributed by atoms with Crippen LogP contribution in [0.1, 0.15) is 16.7 Å². The molecule has 1 heterocycles. The van der Waals surface area contributed by atoms with Crippen molar-refractivity contribution in [3.05, 3.63) is 107 Å². The molecule has 0 aliphatic heterocycles. The van der Waals surface area contributed by atoms with Gasteiger partial charge in [-0.25, -0.2) is 0 Å². The first-order chi connectivity index (χ1) is 18.5. The molecule has 0 atom stereocenters. The maximum absolute atomic E-state index is 12.8. The quantitative estimate of drug-likeness (QED) is 0.0587. The SMILES string of the molecule is N=C(N=NN)c1cc(NC2=C(O)C(O)=C2O)cc(-c2ccc3nn(Cc4ccc(C(F)(F)F)cc4)cc3c2)c1. The van der Waals surface area contributed by atoms with Gasteiger partial charge in [-0.15, -0.1) is 5.11 Å². The molecule has 1 aliphatic carbocycles. The molecule has 0 fully saturated rings. The zero-order valence-electron chi connectivity index (χ0n) is 19.9. The summed E-state index contributed by atoms with van der Waals surface area (Å²) in [5.74, 6) is 3.23. The molecule has 4 aromatic rings. The smallest absolute Gasteiger partial charge is 0.416 e. The Hall–Kier alpha value is -5.33. The molecule has 3 aromatic carbocycles. The third-order valence-electron chi connectivity index (χ3n) is 6.07. The van der Waals surface area contributed by atoms with E-state index in [0.717, 1.165) is 23.1 Å². The van der Waals surface area contributed by atoms with Crippen LogP contribution in [0.3, 0.4) is 0 Å². The van der Waals surface area contributed by atoms with Gasteiger partial charge >= 0.3 is 6.18 Å². The Kier molecular flexibility index (Phi) is 6.18. The van der Waals surface area contributed by atoms with Crippen molar-refractivity contribution >= 4 is 22.4 Å². The number of benzene rings is 3. The summed E-state index contributed by atoms with van der Waals surface area (Å²) in [7, 11) is 0. The molecule has 5 rings (SSSR count). The number of amidine groups is 1. The van der Waals surface area contributed by atoms with Gasteiger partial charge in [0.15, 0.2) is 17.4 Å². The first-order valence-corrected chi connectivity index (χ1v) is 11.4. The van der Waals surface area contributed by atoms with Crippen molar-refractivity contribution in [2.45, 2.75) is 12.7 Å². The summed E-state index contributed by atoms with van der Waals surface area (Å²) >= 11 is 0. The number of nitrogens with zero attached hydrogens (tertiary/aromatic N) is 4. The van der Waals surface area contributed by atoms with E-state index >= 15 is 0 Å². The second kappa shape index (κ2) is 9.52. The zero-order valence-corrected chi connectivity index (χ0v) is 19.9. The fraction of sp³-hybridized carbons (Fsp3) is 0.0769. The van der Waals surface area contributed by atoms with E-state index in [1.165, 1.54) is 18.2 Å². The fourth-order valence-electron chi connectivity index (χ4n) is 4.10. The van der Waals surface area contributed by atoms with Crippen LogP contribution < -0.4 is 11.2 Å². The number of rotatable bonds is 6. The largest absolute Gasteiger partial charge is 0.503 e. The number of nitrogens with two attached hydrogens (primary N) is 1. The summed E-state index contributed by atoms with van der Waals surface area (Å²) in [4.78, 5) is 0. The highest BCUT2D eigenvalue weighted by molar-refractivity contribution is 5.99. The number of anilines is 1. The molecule has 39 heavy (non-hydrogen) atoms. The standard InChI is InChI=1S/C26H20F3N7O3/c27-26(28,29)18-4-1-13(2-5-18)11-36-12-17-7-14(3-6-20(17)34-36)15-8-16(25(30)33-35-31)10-19(9-15)32-21-22(37)24(39)23(21)38/h1-10,12,32,37-39H,11H2,(H3,30,31,33). The van der Waals surface area contributed by atoms with Gasteiger partial charge in [0, 0.05) is 22.8 Å². The van der Waals surface area contributed by atoms with Crippen molar-refractivity contribution < 1.29 is 28.5 Å². The Morgan fingerprint density at radius 2 is 1.69 bits per heavy atom. The number of aliphatic hydroxyl groups is 3. The minimum atomic E-state index is -4.40. The van der Waals surface area contributed by atoms with Crippen LogP contribution in [-0.2, 0) is 12.7 Å². The lowest BCUT2D eigenvalue weighted by Crippen LogP contribution is -2.18. The molecular weight excluding hydrogens is 515 g/mol. The van der Waals surface area contributed by atoms with Crippen molar-refractivity contribution in [3.8, 4) is 11.1 Å². The lowest BCUT2D eigenvalue weighted by atomic mass is 9.99. The zero-order chi connectivity index (χ0) is 27.9. The van der Waals surface area contributed by atoms with E-state index in [0.29, 0.717) is 27.9 Å². The van der Waals surface area contributed by atoms with Crippen LogP contribution in [0.5, 0.6) is 0 Å². The summed E-state index contributed by atoms with van der Waals surface area (Å²) < 4.78 is 40.2. The molecule has 13 heteroatoms. The number of hydrogen-bond donors (Lipinski definition) is 6. The number of alkyl halides is 3. The molecule has 0 amide bonds. The maximum atomic E-state index is 12.8. The monoisotopic (exact) mass is 535 g/mol. The van der Waals surface area contributed by atoms with E-state index < -0.39 is 29.0 Å². The van der Waals surface area contributed by atoms with Crippen LogP contribution >= 0.6 is 0 Å². The lowest BCUT2D eigenvalue weighted by molar-refractivity contribution is -0.137. The average molecular weight is 535 g/mol. The first-order valence-electron chi connectivity index (χ1n) is 11.4. The van der Waals surface area contributed by atoms with Gasteiger partial charge in [0.1, 0.15) is 5.70 Å². The predicted octanol–water partition coefficient (Wildman–Crippen LogP) is 5.94. The van der Waals surface area contributed by atoms with Crippen molar-refractivity contribution in [2.24, 2.45) is 16.2 Å². The molecule has 198 valence electrons. The van der Waals surface area contributed by atoms with E-state index in [1.54, 1.807) is 35.1 Å². The van der Waals surface area contributed by atoms with Crippen LogP contribution in [0.2, 0.25) is 0 Å². The molecule has 1 aliphatic rings. The number of hydrogen-bond acceptors (Lipinski definition) is 7. The summed E-state index contributed by atoms with van der Waals surface area (Å²) in [5.41, 5.74) is 2.59. The third kappa shape index (κ3) is 4.97. The fourth-order valence-corrected chi connectivity index (χ4v) is 4.10. The Labute approximate surface area is 218 Å². The minimum absolute atomic E-state index is 0.0809. The normalized spacial score (nSPS) is 13.8. The number of halogens is 3. The van der Waals surface area contributed by atoms with Gasteiger partial charge in [0.2, 0.25) is 5.76 Å². The maximum Gasteiger partial charge on any atom is 0.416 e. The highest BCUT2D eigenvalue weighted by Crippen LogP contribution is 2.34. The van der Waals surface area contributed by atoms with Crippen molar-refractivity contribution in [3.63, 3.8) is 0 Å². The Morgan fingerprint density at radius 1 is 0.949 bits per heavy atom. The van der Waals surface area contributed by atoms with Gasteiger partial charge in [-0.05, 0) is 59.2 Å². The molecule has 0 unspecified atom stereocenters. The number of fused-ring (bicyclic) bond motifs is 1. The van der Waals surface area contributed by atoms with Crippen LogP contribution in [0.25, 0.3) is 22.0 Å². The van der Waals surface area contributed by atoms with Gasteiger partial charge in [0.25, 0.3) is 0 Å². The Morgan fingerprint density at radius 3 is 2.36 bits per heavy atom. The molecule has 1 aromatic heterocycles. The van der Waals surface area contributed by atoms with Gasteiger partial charge in [0.05, 0.1) is 17.6 Å². The molecule has 0 radical (unpaired) electrons. The highest BCUT2D eigenvalue weighted by Gasteiger charge is 2.30. The van der Waals surface area contributed by atoms with Crippen LogP contribution in [-0.4, -0.2) is 30.9 Å². The average Bonchev–Trinajstić information content (AvgIpc) is 3.32. The van der Waals surface area contributed by atoms with Crippen molar-refractivity contribution in [2.75, 3.05) is 5.32 Å². The van der Waals surface area contributed by atoms with Gasteiger partial charge in [-0.2, -0.15) is 18.3 Å². The Balaban J connectivity index is 1.46. The van der Waals surface area contributed by atoms with Gasteiger partial charge < -0.3 is 26.5 Å². The van der Waals surface area contributed by atoms with Crippen LogP contribution in [0.4, 0.5) is 18.9 Å². The predicted molar refractivity (Wildman–Crippen MR) is 137 cm³/mol. The topological polar surface area (TPSA) is 165 Å². The van der Waals surface area contributed by atoms with Crippen LogP contribution in [0.15, 0.2) is 100 Å².